The molecule has 0 aliphatic heterocycles. The van der Waals surface area contributed by atoms with Gasteiger partial charge in [-0.25, -0.2) is 23.1 Å². The lowest BCUT2D eigenvalue weighted by molar-refractivity contribution is 0.613. The van der Waals surface area contributed by atoms with Gasteiger partial charge in [-0.1, -0.05) is 30.3 Å². The molecule has 0 radical (unpaired) electrons. The molecule has 0 saturated carbocycles. The Morgan fingerprint density at radius 3 is 2.40 bits per heavy atom. The van der Waals surface area contributed by atoms with Crippen LogP contribution in [0.3, 0.4) is 0 Å². The van der Waals surface area contributed by atoms with Crippen LogP contribution in [-0.2, 0) is 23.5 Å². The number of aryl methyl sites for hydroxylation is 1. The van der Waals surface area contributed by atoms with Crippen LogP contribution >= 0.6 is 0 Å². The van der Waals surface area contributed by atoms with Crippen molar-refractivity contribution in [1.82, 2.24) is 19.7 Å². The van der Waals surface area contributed by atoms with E-state index in [1.54, 1.807) is 0 Å². The van der Waals surface area contributed by atoms with E-state index in [9.17, 15) is 13.2 Å². The van der Waals surface area contributed by atoms with Crippen molar-refractivity contribution in [2.75, 3.05) is 5.73 Å². The summed E-state index contributed by atoms with van der Waals surface area (Å²) < 4.78 is 23.3. The Labute approximate surface area is 144 Å². The molecule has 0 atom stereocenters. The van der Waals surface area contributed by atoms with Crippen molar-refractivity contribution in [3.05, 3.63) is 58.5 Å². The second-order valence-corrected chi connectivity index (χ2v) is 6.27. The van der Waals surface area contributed by atoms with Gasteiger partial charge < -0.3 is 5.73 Å². The van der Waals surface area contributed by atoms with Crippen LogP contribution in [0.1, 0.15) is 5.69 Å². The summed E-state index contributed by atoms with van der Waals surface area (Å²) in [4.78, 5) is 20.3. The lowest BCUT2D eigenvalue weighted by Crippen LogP contribution is -2.18. The smallest absolute Gasteiger partial charge is 0.266 e. The molecule has 0 fully saturated rings. The van der Waals surface area contributed by atoms with E-state index >= 15 is 0 Å². The highest BCUT2D eigenvalue weighted by Gasteiger charge is 2.17. The molecule has 0 saturated heterocycles. The highest BCUT2D eigenvalue weighted by atomic mass is 32.2. The van der Waals surface area contributed by atoms with Crippen molar-refractivity contribution in [1.29, 1.82) is 0 Å². The summed E-state index contributed by atoms with van der Waals surface area (Å²) in [5, 5.41) is 4.19. The summed E-state index contributed by atoms with van der Waals surface area (Å²) >= 11 is 0. The number of thiol groups is 1. The zero-order valence-corrected chi connectivity index (χ0v) is 14.2. The molecule has 0 aliphatic rings. The minimum absolute atomic E-state index is 0.0478. The van der Waals surface area contributed by atoms with Crippen molar-refractivity contribution in [3.8, 4) is 22.6 Å². The summed E-state index contributed by atoms with van der Waals surface area (Å²) in [6, 6.07) is 12.1. The number of nitrogens with two attached hydrogens (primary N) is 1. The first kappa shape index (κ1) is 16.8. The first-order valence-corrected chi connectivity index (χ1v) is 8.70. The van der Waals surface area contributed by atoms with E-state index in [0.717, 1.165) is 5.56 Å². The summed E-state index contributed by atoms with van der Waals surface area (Å²) in [6.45, 7) is 0. The van der Waals surface area contributed by atoms with Gasteiger partial charge in [0.15, 0.2) is 0 Å². The molecule has 0 bridgehead atoms. The van der Waals surface area contributed by atoms with E-state index in [0.29, 0.717) is 17.1 Å². The summed E-state index contributed by atoms with van der Waals surface area (Å²) in [6.07, 6.45) is 0. The molecule has 3 rings (SSSR count). The molecule has 2 aromatic heterocycles. The largest absolute Gasteiger partial charge is 0.382 e. The third kappa shape index (κ3) is 3.56. The van der Waals surface area contributed by atoms with E-state index in [-0.39, 0.29) is 22.8 Å². The Morgan fingerprint density at radius 2 is 1.76 bits per heavy atom. The Kier molecular flexibility index (Phi) is 4.57. The van der Waals surface area contributed by atoms with Gasteiger partial charge in [-0.05, 0) is 6.07 Å². The average molecular weight is 357 g/mol. The molecule has 3 aromatic rings. The third-order valence-electron chi connectivity index (χ3n) is 3.53. The van der Waals surface area contributed by atoms with Gasteiger partial charge in [-0.3, -0.25) is 4.79 Å². The van der Waals surface area contributed by atoms with E-state index in [1.165, 1.54) is 23.9 Å². The van der Waals surface area contributed by atoms with Crippen molar-refractivity contribution >= 4 is 16.5 Å². The minimum Gasteiger partial charge on any atom is -0.382 e. The van der Waals surface area contributed by atoms with Crippen molar-refractivity contribution in [2.45, 2.75) is 5.75 Å². The zero-order chi connectivity index (χ0) is 18.0. The molecule has 8 nitrogen and oxygen atoms in total. The topological polar surface area (TPSA) is 121 Å². The van der Waals surface area contributed by atoms with Crippen LogP contribution in [0.15, 0.2) is 47.3 Å². The Bertz CT molecular complexity index is 1050. The molecule has 2 heterocycles. The van der Waals surface area contributed by atoms with Crippen molar-refractivity contribution in [2.24, 2.45) is 7.05 Å². The predicted molar refractivity (Wildman–Crippen MR) is 94.4 cm³/mol. The molecule has 0 amide bonds. The van der Waals surface area contributed by atoms with Crippen LogP contribution in [0.5, 0.6) is 0 Å². The number of rotatable bonds is 4. The number of nitrogen functional groups attached to an aromatic ring is 1. The second-order valence-electron chi connectivity index (χ2n) is 5.29. The molecule has 2 N–H and O–H groups in total. The Morgan fingerprint density at radius 1 is 1.04 bits per heavy atom. The lowest BCUT2D eigenvalue weighted by atomic mass is 10.1. The van der Waals surface area contributed by atoms with Gasteiger partial charge in [0.05, 0.1) is 11.4 Å². The van der Waals surface area contributed by atoms with E-state index in [1.807, 2.05) is 30.3 Å². The van der Waals surface area contributed by atoms with Gasteiger partial charge >= 0.3 is 0 Å². The first-order valence-electron chi connectivity index (χ1n) is 7.34. The van der Waals surface area contributed by atoms with Crippen LogP contribution in [0, 0.1) is 0 Å². The van der Waals surface area contributed by atoms with Crippen molar-refractivity contribution < 1.29 is 8.42 Å². The van der Waals surface area contributed by atoms with Gasteiger partial charge in [0, 0.05) is 18.7 Å². The highest BCUT2D eigenvalue weighted by Crippen LogP contribution is 2.29. The fourth-order valence-corrected chi connectivity index (χ4v) is 2.80. The number of anilines is 1. The third-order valence-corrected chi connectivity index (χ3v) is 4.09. The van der Waals surface area contributed by atoms with Gasteiger partial charge in [0.2, 0.25) is 0 Å². The fourth-order valence-electron chi connectivity index (χ4n) is 2.33. The average Bonchev–Trinajstić information content (AvgIpc) is 2.59. The summed E-state index contributed by atoms with van der Waals surface area (Å²) in [7, 11) is -1.19. The van der Waals surface area contributed by atoms with Gasteiger partial charge in [0.25, 0.3) is 5.56 Å². The lowest BCUT2D eigenvalue weighted by Gasteiger charge is -2.12. The maximum atomic E-state index is 11.6. The van der Waals surface area contributed by atoms with Crippen molar-refractivity contribution in [3.63, 3.8) is 0 Å². The van der Waals surface area contributed by atoms with Crippen LogP contribution in [0.4, 0.5) is 5.82 Å². The first-order chi connectivity index (χ1) is 12.0. The number of nitrogens with zero attached hydrogens (tertiary/aromatic N) is 4. The van der Waals surface area contributed by atoms with Crippen LogP contribution in [0.25, 0.3) is 22.6 Å². The normalized spacial score (nSPS) is 11.0. The summed E-state index contributed by atoms with van der Waals surface area (Å²) in [5.74, 6) is -0.270. The Hall–Kier alpha value is -3.07. The molecular weight excluding hydrogens is 342 g/mol. The monoisotopic (exact) mass is 357 g/mol. The number of hydrogen-bond acceptors (Lipinski definition) is 7. The maximum absolute atomic E-state index is 11.6. The molecular formula is C16H15N5O3S. The molecule has 1 aromatic carbocycles. The van der Waals surface area contributed by atoms with Crippen LogP contribution < -0.4 is 11.3 Å². The van der Waals surface area contributed by atoms with Crippen LogP contribution in [0.2, 0.25) is 0 Å². The predicted octanol–water partition coefficient (Wildman–Crippen LogP) is 0.598. The molecule has 0 spiro atoms. The maximum Gasteiger partial charge on any atom is 0.266 e. The van der Waals surface area contributed by atoms with Gasteiger partial charge in [-0.15, -0.1) is 0 Å². The van der Waals surface area contributed by atoms with Crippen LogP contribution in [-0.4, -0.2) is 28.2 Å². The second kappa shape index (κ2) is 6.81. The van der Waals surface area contributed by atoms with E-state index < -0.39 is 10.7 Å². The quantitative estimate of drug-likeness (QED) is 0.656. The van der Waals surface area contributed by atoms with E-state index in [2.05, 4.69) is 15.1 Å². The highest BCUT2D eigenvalue weighted by molar-refractivity contribution is 7.71. The fraction of sp³-hybridized carbons (Fsp3) is 0.125. The summed E-state index contributed by atoms with van der Waals surface area (Å²) in [5.41, 5.74) is 7.76. The standard InChI is InChI=1S/C16H15N5O3S/c1-21-13(22)8-7-11(20-21)15-14(10-5-3-2-4-6-10)19-16(17)12(18-15)9-25(23)24/h2-8,25H,9H2,1H3,(H2,17,19). The number of hydrogen-bond donors (Lipinski definition) is 2. The molecule has 25 heavy (non-hydrogen) atoms. The Balaban J connectivity index is 2.28. The molecule has 0 unspecified atom stereocenters. The molecule has 9 heteroatoms. The van der Waals surface area contributed by atoms with E-state index in [4.69, 9.17) is 5.73 Å². The van der Waals surface area contributed by atoms with Gasteiger partial charge in [-0.2, -0.15) is 5.10 Å². The minimum atomic E-state index is -2.71. The zero-order valence-electron chi connectivity index (χ0n) is 13.3. The van der Waals surface area contributed by atoms with Gasteiger partial charge in [0.1, 0.15) is 33.6 Å². The molecule has 0 aliphatic carbocycles. The molecule has 128 valence electrons. The SMILES string of the molecule is Cn1nc(-c2nc(C[SH](=O)=O)c(N)nc2-c2ccccc2)ccc1=O. The number of benzene rings is 1. The number of aromatic nitrogens is 4.